The molecular weight excluding hydrogens is 365 g/mol. The van der Waals surface area contributed by atoms with Crippen molar-refractivity contribution in [3.05, 3.63) is 42.2 Å². The Bertz CT molecular complexity index is 741. The molecule has 0 radical (unpaired) electrons. The lowest BCUT2D eigenvalue weighted by Gasteiger charge is -2.08. The third-order valence-electron chi connectivity index (χ3n) is 3.85. The first-order valence-corrected chi connectivity index (χ1v) is 9.43. The molecule has 2 amide bonds. The van der Waals surface area contributed by atoms with Crippen LogP contribution in [-0.2, 0) is 6.18 Å². The van der Waals surface area contributed by atoms with Gasteiger partial charge in [-0.25, -0.2) is 9.48 Å². The summed E-state index contributed by atoms with van der Waals surface area (Å²) in [5, 5.41) is 8.98. The van der Waals surface area contributed by atoms with Gasteiger partial charge in [0.2, 0.25) is 0 Å². The van der Waals surface area contributed by atoms with Crippen molar-refractivity contribution in [1.29, 1.82) is 0 Å². The Morgan fingerprint density at radius 2 is 1.96 bits per heavy atom. The van der Waals surface area contributed by atoms with Crippen LogP contribution in [0, 0.1) is 5.92 Å². The minimum absolute atomic E-state index is 0.303. The molecule has 0 bridgehead atoms. The van der Waals surface area contributed by atoms with Crippen LogP contribution in [0.15, 0.2) is 36.5 Å². The highest BCUT2D eigenvalue weighted by molar-refractivity contribution is 7.99. The van der Waals surface area contributed by atoms with Gasteiger partial charge >= 0.3 is 12.2 Å². The molecule has 26 heavy (non-hydrogen) atoms. The number of urea groups is 1. The van der Waals surface area contributed by atoms with Gasteiger partial charge in [0.1, 0.15) is 0 Å². The van der Waals surface area contributed by atoms with Crippen LogP contribution in [0.5, 0.6) is 0 Å². The summed E-state index contributed by atoms with van der Waals surface area (Å²) < 4.78 is 38.9. The Balaban J connectivity index is 1.46. The van der Waals surface area contributed by atoms with Crippen LogP contribution in [0.3, 0.4) is 0 Å². The Morgan fingerprint density at radius 3 is 2.58 bits per heavy atom. The number of halogens is 3. The lowest BCUT2D eigenvalue weighted by molar-refractivity contribution is -0.141. The molecule has 1 aliphatic carbocycles. The minimum atomic E-state index is -4.47. The molecule has 0 saturated heterocycles. The van der Waals surface area contributed by atoms with Crippen molar-refractivity contribution in [3.8, 4) is 5.69 Å². The Kier molecular flexibility index (Phi) is 5.75. The van der Waals surface area contributed by atoms with Gasteiger partial charge in [-0.1, -0.05) is 0 Å². The molecular formula is C17H19F3N4OS. The van der Waals surface area contributed by atoms with Crippen LogP contribution in [0.25, 0.3) is 5.69 Å². The molecule has 9 heteroatoms. The van der Waals surface area contributed by atoms with Crippen LogP contribution in [0.4, 0.5) is 23.7 Å². The number of aromatic nitrogens is 2. The highest BCUT2D eigenvalue weighted by Crippen LogP contribution is 2.32. The molecule has 1 heterocycles. The predicted molar refractivity (Wildman–Crippen MR) is 95.6 cm³/mol. The molecule has 3 rings (SSSR count). The number of nitrogens with zero attached hydrogens (tertiary/aromatic N) is 2. The fourth-order valence-electron chi connectivity index (χ4n) is 2.26. The number of amides is 2. The van der Waals surface area contributed by atoms with E-state index in [1.807, 2.05) is 11.8 Å². The monoisotopic (exact) mass is 384 g/mol. The molecule has 0 atom stereocenters. The number of benzene rings is 1. The number of nitrogens with one attached hydrogen (secondary N) is 2. The van der Waals surface area contributed by atoms with Crippen LogP contribution in [-0.4, -0.2) is 33.9 Å². The van der Waals surface area contributed by atoms with Gasteiger partial charge in [-0.05, 0) is 54.8 Å². The van der Waals surface area contributed by atoms with Gasteiger partial charge in [-0.15, -0.1) is 0 Å². The smallest absolute Gasteiger partial charge is 0.337 e. The summed E-state index contributed by atoms with van der Waals surface area (Å²) in [5.74, 6) is 2.91. The number of thioether (sulfide) groups is 1. The zero-order valence-corrected chi connectivity index (χ0v) is 14.7. The number of carbonyl (C=O) groups is 1. The second-order valence-corrected chi connectivity index (χ2v) is 7.24. The minimum Gasteiger partial charge on any atom is -0.337 e. The van der Waals surface area contributed by atoms with E-state index in [9.17, 15) is 18.0 Å². The van der Waals surface area contributed by atoms with Crippen LogP contribution >= 0.6 is 11.8 Å². The van der Waals surface area contributed by atoms with Gasteiger partial charge in [0.05, 0.1) is 5.69 Å². The quantitative estimate of drug-likeness (QED) is 0.705. The number of hydrogen-bond donors (Lipinski definition) is 2. The summed E-state index contributed by atoms with van der Waals surface area (Å²) in [6.45, 7) is 0.592. The molecule has 0 unspecified atom stereocenters. The maximum Gasteiger partial charge on any atom is 0.435 e. The molecule has 0 aliphatic heterocycles. The second-order valence-electron chi connectivity index (χ2n) is 6.09. The van der Waals surface area contributed by atoms with E-state index in [0.29, 0.717) is 17.9 Å². The Labute approximate surface area is 153 Å². The van der Waals surface area contributed by atoms with Crippen LogP contribution in [0.2, 0.25) is 0 Å². The summed E-state index contributed by atoms with van der Waals surface area (Å²) in [7, 11) is 0. The average Bonchev–Trinajstić information content (AvgIpc) is 3.27. The summed E-state index contributed by atoms with van der Waals surface area (Å²) in [6.07, 6.45) is -0.570. The van der Waals surface area contributed by atoms with Gasteiger partial charge in [0.25, 0.3) is 0 Å². The van der Waals surface area contributed by atoms with E-state index in [-0.39, 0.29) is 6.03 Å². The van der Waals surface area contributed by atoms with Gasteiger partial charge < -0.3 is 10.6 Å². The number of rotatable bonds is 7. The lowest BCUT2D eigenvalue weighted by atomic mass is 10.3. The highest BCUT2D eigenvalue weighted by Gasteiger charge is 2.33. The topological polar surface area (TPSA) is 59.0 Å². The Hall–Kier alpha value is -2.16. The first kappa shape index (κ1) is 18.6. The number of carbonyl (C=O) groups excluding carboxylic acids is 1. The summed E-state index contributed by atoms with van der Waals surface area (Å²) in [4.78, 5) is 11.8. The van der Waals surface area contributed by atoms with E-state index in [4.69, 9.17) is 0 Å². The lowest BCUT2D eigenvalue weighted by Crippen LogP contribution is -2.30. The van der Waals surface area contributed by atoms with Crippen molar-refractivity contribution in [1.82, 2.24) is 15.1 Å². The maximum absolute atomic E-state index is 12.6. The van der Waals surface area contributed by atoms with E-state index < -0.39 is 11.9 Å². The normalized spacial score (nSPS) is 14.3. The first-order chi connectivity index (χ1) is 12.4. The van der Waals surface area contributed by atoms with Crippen molar-refractivity contribution in [2.75, 3.05) is 23.4 Å². The molecule has 2 aromatic rings. The molecule has 1 aliphatic rings. The zero-order chi connectivity index (χ0) is 18.6. The van der Waals surface area contributed by atoms with E-state index >= 15 is 0 Å². The van der Waals surface area contributed by atoms with Crippen molar-refractivity contribution >= 4 is 23.5 Å². The van der Waals surface area contributed by atoms with Crippen LogP contribution < -0.4 is 10.6 Å². The van der Waals surface area contributed by atoms with Crippen molar-refractivity contribution in [2.45, 2.75) is 19.0 Å². The molecule has 1 aromatic heterocycles. The fraction of sp³-hybridized carbons (Fsp3) is 0.412. The summed E-state index contributed by atoms with van der Waals surface area (Å²) >= 11 is 1.84. The van der Waals surface area contributed by atoms with Gasteiger partial charge in [-0.3, -0.25) is 0 Å². The highest BCUT2D eigenvalue weighted by atomic mass is 32.2. The predicted octanol–water partition coefficient (Wildman–Crippen LogP) is 4.16. The maximum atomic E-state index is 12.6. The molecule has 1 saturated carbocycles. The van der Waals surface area contributed by atoms with E-state index in [1.165, 1.54) is 19.0 Å². The first-order valence-electron chi connectivity index (χ1n) is 8.28. The summed E-state index contributed by atoms with van der Waals surface area (Å²) in [6, 6.07) is 7.03. The van der Waals surface area contributed by atoms with Crippen molar-refractivity contribution in [3.63, 3.8) is 0 Å². The molecule has 1 aromatic carbocycles. The van der Waals surface area contributed by atoms with Crippen molar-refractivity contribution < 1.29 is 18.0 Å². The number of alkyl halides is 3. The third-order valence-corrected chi connectivity index (χ3v) is 5.05. The SMILES string of the molecule is O=C(NCCSCC1CC1)Nc1ccc(-n2ccc(C(F)(F)F)n2)cc1. The molecule has 1 fully saturated rings. The van der Waals surface area contributed by atoms with Gasteiger partial charge in [-0.2, -0.15) is 30.0 Å². The van der Waals surface area contributed by atoms with E-state index in [0.717, 1.165) is 28.2 Å². The van der Waals surface area contributed by atoms with E-state index in [1.54, 1.807) is 24.3 Å². The molecule has 5 nitrogen and oxygen atoms in total. The molecule has 140 valence electrons. The second kappa shape index (κ2) is 8.03. The molecule has 0 spiro atoms. The summed E-state index contributed by atoms with van der Waals surface area (Å²) in [5.41, 5.74) is 0.0849. The largest absolute Gasteiger partial charge is 0.435 e. The number of hydrogen-bond acceptors (Lipinski definition) is 3. The van der Waals surface area contributed by atoms with E-state index in [2.05, 4.69) is 15.7 Å². The third kappa shape index (κ3) is 5.42. The van der Waals surface area contributed by atoms with Crippen LogP contribution in [0.1, 0.15) is 18.5 Å². The zero-order valence-electron chi connectivity index (χ0n) is 13.9. The van der Waals surface area contributed by atoms with Crippen molar-refractivity contribution in [2.24, 2.45) is 5.92 Å². The fourth-order valence-corrected chi connectivity index (χ4v) is 3.34. The van der Waals surface area contributed by atoms with Gasteiger partial charge in [0, 0.05) is 24.2 Å². The average molecular weight is 384 g/mol. The van der Waals surface area contributed by atoms with Gasteiger partial charge in [0.15, 0.2) is 5.69 Å². The Morgan fingerprint density at radius 1 is 1.23 bits per heavy atom. The standard InChI is InChI=1S/C17H19F3N4OS/c18-17(19,20)15-7-9-24(23-15)14-5-3-13(4-6-14)22-16(25)21-8-10-26-11-12-1-2-12/h3-7,9,12H,1-2,8,10-11H2,(H2,21,22,25). The number of anilines is 1. The molecule has 2 N–H and O–H groups in total.